The van der Waals surface area contributed by atoms with Crippen LogP contribution < -0.4 is 69.3 Å². The van der Waals surface area contributed by atoms with E-state index in [0.717, 1.165) is 176 Å². The minimum absolute atomic E-state index is 0.0323. The molecule has 5 aliphatic rings. The number of aromatic nitrogens is 14. The molecule has 0 atom stereocenters. The maximum atomic E-state index is 13.1. The minimum atomic E-state index is -0.619. The van der Waals surface area contributed by atoms with E-state index >= 15 is 0 Å². The number of morpholine rings is 1. The molecule has 1 fully saturated rings. The second-order valence-electron chi connectivity index (χ2n) is 33.4. The molecular formula is C98H108N24O12. The van der Waals surface area contributed by atoms with Crippen molar-refractivity contribution in [3.05, 3.63) is 279 Å². The first-order valence-corrected chi connectivity index (χ1v) is 45.1. The van der Waals surface area contributed by atoms with Gasteiger partial charge in [-0.2, -0.15) is 19.9 Å². The normalized spacial score (nSPS) is 13.5. The fourth-order valence-corrected chi connectivity index (χ4v) is 17.4. The Hall–Kier alpha value is -14.9. The summed E-state index contributed by atoms with van der Waals surface area (Å²) in [6.45, 7) is 8.64. The van der Waals surface area contributed by atoms with Crippen molar-refractivity contribution in [2.24, 2.45) is 0 Å². The average Bonchev–Trinajstić information content (AvgIpc) is 1.61. The Balaban J connectivity index is 0.000000130. The number of pyridine rings is 4. The van der Waals surface area contributed by atoms with E-state index in [0.29, 0.717) is 83.3 Å². The highest BCUT2D eigenvalue weighted by molar-refractivity contribution is 5.99. The summed E-state index contributed by atoms with van der Waals surface area (Å²) in [5, 5.41) is 19.2. The summed E-state index contributed by atoms with van der Waals surface area (Å²) in [6.07, 6.45) is 33.1. The van der Waals surface area contributed by atoms with Crippen LogP contribution in [0.15, 0.2) is 185 Å². The van der Waals surface area contributed by atoms with Crippen LogP contribution in [0.4, 0.5) is 23.8 Å². The molecule has 0 saturated carbocycles. The van der Waals surface area contributed by atoms with Crippen molar-refractivity contribution in [2.75, 3.05) is 136 Å². The number of rotatable bonds is 29. The average molecular weight is 1810 g/mol. The van der Waals surface area contributed by atoms with E-state index in [1.54, 1.807) is 41.2 Å². The molecule has 4 aliphatic carbocycles. The molecule has 0 bridgehead atoms. The smallest absolute Gasteiger partial charge is 0.280 e. The standard InChI is InChI=1S/C27H27N5O3.C24H25N7O3.C24H28N6O3.C23H28N6O3/c1-28-26(34)23-16-32(20-9-8-18-4-3-5-19(18)14-20)25-22(24(23)33)15-30-27(31-25)29-13-12-17-6-10-21(35-2)11-7-17;1-34-29-23(33)20-14-31(18-7-6-16-4-2-5-17(16)12-18)22-19(21(20)32)13-27-24(28-22)26-8-3-10-30-11-9-25-15-30;1-25-23(32)20-15-30(18-6-5-16-3-2-4-17(16)13-18)22-19(21(20)31)14-27-24(28-22)26-7-8-29-9-11-33-12-10-29;1-28(2)11-5-10-24-23-25-13-18-20(30)19(22(31)27-32-3)14-29(21(18)26-23)17-9-8-15-6-4-7-16(15)12-17/h6-11,14-16H,3-5,12-13H2,1-2H3,(H,28,34)(H,29,30,31);6-7,9,11-15H,2-5,8,10H2,1H3,(H,29,33)(H,26,27,28);5-6,13-15H,2-4,7-12H2,1H3,(H,25,32)(H,26,27,28);8-9,12-14H,4-7,10-11H2,1-3H3,(H,27,31)(H,24,25,26). The summed E-state index contributed by atoms with van der Waals surface area (Å²) in [6, 6.07) is 32.9. The largest absolute Gasteiger partial charge is 0.497 e. The molecule has 36 nitrogen and oxygen atoms in total. The van der Waals surface area contributed by atoms with Crippen LogP contribution in [0.2, 0.25) is 0 Å². The van der Waals surface area contributed by atoms with Gasteiger partial charge in [-0.25, -0.2) is 35.9 Å². The summed E-state index contributed by atoms with van der Waals surface area (Å²) in [7, 11) is 11.4. The number of benzene rings is 5. The molecular weight excluding hydrogens is 1710 g/mol. The third kappa shape index (κ3) is 21.3. The molecule has 5 aromatic carbocycles. The van der Waals surface area contributed by atoms with E-state index in [-0.39, 0.29) is 43.9 Å². The topological polar surface area (TPSA) is 417 Å². The third-order valence-electron chi connectivity index (χ3n) is 24.4. The first-order chi connectivity index (χ1) is 65.3. The van der Waals surface area contributed by atoms with Crippen molar-refractivity contribution >= 4 is 91.6 Å². The predicted molar refractivity (Wildman–Crippen MR) is 512 cm³/mol. The Kier molecular flexibility index (Phi) is 29.7. The predicted octanol–water partition coefficient (Wildman–Crippen LogP) is 8.85. The molecule has 4 amide bonds. The lowest BCUT2D eigenvalue weighted by Crippen LogP contribution is -2.39. The Morgan fingerprint density at radius 2 is 0.784 bits per heavy atom. The van der Waals surface area contributed by atoms with Gasteiger partial charge in [0.25, 0.3) is 23.6 Å². The molecule has 1 saturated heterocycles. The number of hydrogen-bond acceptors (Lipinski definition) is 27. The van der Waals surface area contributed by atoms with Crippen LogP contribution in [-0.2, 0) is 78.7 Å². The van der Waals surface area contributed by atoms with Gasteiger partial charge in [-0.3, -0.25) is 52.9 Å². The van der Waals surface area contributed by atoms with E-state index in [2.05, 4.69) is 146 Å². The van der Waals surface area contributed by atoms with Crippen LogP contribution >= 0.6 is 0 Å². The van der Waals surface area contributed by atoms with Gasteiger partial charge in [0, 0.05) is 151 Å². The highest BCUT2D eigenvalue weighted by atomic mass is 16.6. The molecule has 692 valence electrons. The van der Waals surface area contributed by atoms with Crippen molar-refractivity contribution in [3.63, 3.8) is 0 Å². The van der Waals surface area contributed by atoms with Gasteiger partial charge in [-0.15, -0.1) is 0 Å². The van der Waals surface area contributed by atoms with Gasteiger partial charge < -0.3 is 69.1 Å². The highest BCUT2D eigenvalue weighted by Gasteiger charge is 2.27. The Bertz CT molecular complexity index is 6950. The molecule has 0 spiro atoms. The van der Waals surface area contributed by atoms with Crippen molar-refractivity contribution in [3.8, 4) is 28.5 Å². The highest BCUT2D eigenvalue weighted by Crippen LogP contribution is 2.32. The molecule has 36 heteroatoms. The van der Waals surface area contributed by atoms with Gasteiger partial charge in [0.2, 0.25) is 45.5 Å². The Labute approximate surface area is 771 Å². The SMILES string of the molecule is CNC(=O)c1cn(-c2ccc3c(c2)CCC3)c2nc(NCCN3CCOCC3)ncc2c1=O.CNC(=O)c1cn(-c2ccc3c(c2)CCC3)c2nc(NCCc3ccc(OC)cc3)ncc2c1=O.CONC(=O)c1cn(-c2ccc3c(c2)CCC3)c2nc(NCCCN(C)C)ncc2c1=O.CONC(=O)c1cn(-c2ccc3c(c2)CCC3)c2nc(NCCCn3ccnc3)ncc2c1=O. The summed E-state index contributed by atoms with van der Waals surface area (Å²) in [5.74, 6) is 0.469. The van der Waals surface area contributed by atoms with Gasteiger partial charge in [0.15, 0.2) is 22.6 Å². The summed E-state index contributed by atoms with van der Waals surface area (Å²) < 4.78 is 19.8. The van der Waals surface area contributed by atoms with Gasteiger partial charge in [0.1, 0.15) is 28.0 Å². The summed E-state index contributed by atoms with van der Waals surface area (Å²) in [5.41, 5.74) is 19.8. The van der Waals surface area contributed by atoms with E-state index < -0.39 is 34.5 Å². The van der Waals surface area contributed by atoms with Crippen LogP contribution in [0.5, 0.6) is 5.75 Å². The lowest BCUT2D eigenvalue weighted by atomic mass is 10.1. The number of carbonyl (C=O) groups is 4. The Morgan fingerprint density at radius 1 is 0.425 bits per heavy atom. The second kappa shape index (κ2) is 43.0. The molecule has 134 heavy (non-hydrogen) atoms. The fraction of sp³-hybridized carbons (Fsp3) is 0.337. The Morgan fingerprint density at radius 3 is 1.13 bits per heavy atom. The fourth-order valence-electron chi connectivity index (χ4n) is 17.4. The number of hydroxylamine groups is 2. The second-order valence-corrected chi connectivity index (χ2v) is 33.4. The quantitative estimate of drug-likeness (QED) is 0.0160. The first kappa shape index (κ1) is 92.4. The summed E-state index contributed by atoms with van der Waals surface area (Å²) in [4.78, 5) is 156. The monoisotopic (exact) mass is 1810 g/mol. The maximum Gasteiger partial charge on any atom is 0.280 e. The third-order valence-corrected chi connectivity index (χ3v) is 24.4. The van der Waals surface area contributed by atoms with Crippen LogP contribution in [0.25, 0.3) is 66.9 Å². The number of anilines is 4. The van der Waals surface area contributed by atoms with E-state index in [1.165, 1.54) is 110 Å². The van der Waals surface area contributed by atoms with Crippen LogP contribution in [0.3, 0.4) is 0 Å². The number of methoxy groups -OCH3 is 1. The number of nitrogens with zero attached hydrogens (tertiary/aromatic N) is 16. The number of imidazole rings is 1. The van der Waals surface area contributed by atoms with E-state index in [9.17, 15) is 38.4 Å². The molecule has 8 N–H and O–H groups in total. The number of ether oxygens (including phenoxy) is 2. The summed E-state index contributed by atoms with van der Waals surface area (Å²) >= 11 is 0. The van der Waals surface area contributed by atoms with Gasteiger partial charge in [-0.1, -0.05) is 36.4 Å². The van der Waals surface area contributed by atoms with Gasteiger partial charge in [-0.05, 0) is 228 Å². The van der Waals surface area contributed by atoms with Crippen molar-refractivity contribution in [1.29, 1.82) is 0 Å². The number of hydrogen-bond donors (Lipinski definition) is 8. The van der Waals surface area contributed by atoms with E-state index in [1.807, 2.05) is 82.5 Å². The van der Waals surface area contributed by atoms with E-state index in [4.69, 9.17) is 19.1 Å². The molecule has 9 aromatic heterocycles. The van der Waals surface area contributed by atoms with Gasteiger partial charge >= 0.3 is 0 Å². The number of amides is 4. The molecule has 0 unspecified atom stereocenters. The van der Waals surface area contributed by atoms with Gasteiger partial charge in [0.05, 0.1) is 62.4 Å². The molecule has 10 heterocycles. The molecule has 19 rings (SSSR count). The zero-order chi connectivity index (χ0) is 93.3. The van der Waals surface area contributed by atoms with Crippen molar-refractivity contribution < 1.29 is 38.3 Å². The number of aryl methyl sites for hydroxylation is 9. The minimum Gasteiger partial charge on any atom is -0.497 e. The number of nitrogens with one attached hydrogen (secondary N) is 8. The van der Waals surface area contributed by atoms with Crippen LogP contribution in [0, 0.1) is 0 Å². The van der Waals surface area contributed by atoms with Crippen LogP contribution in [-0.4, -0.2) is 216 Å². The van der Waals surface area contributed by atoms with Crippen molar-refractivity contribution in [2.45, 2.75) is 103 Å². The van der Waals surface area contributed by atoms with Crippen LogP contribution in [0.1, 0.15) is 130 Å². The van der Waals surface area contributed by atoms with Crippen molar-refractivity contribution in [1.82, 2.24) is 99.1 Å². The first-order valence-electron chi connectivity index (χ1n) is 45.1. The zero-order valence-electron chi connectivity index (χ0n) is 76.0. The molecule has 0 radical (unpaired) electrons. The maximum absolute atomic E-state index is 13.1. The lowest BCUT2D eigenvalue weighted by Gasteiger charge is -2.26. The number of fused-ring (bicyclic) bond motifs is 8. The number of carbonyl (C=O) groups excluding carboxylic acids is 4. The molecule has 1 aliphatic heterocycles. The lowest BCUT2D eigenvalue weighted by molar-refractivity contribution is 0.0398. The molecule has 14 aromatic rings. The zero-order valence-corrected chi connectivity index (χ0v) is 76.0.